The van der Waals surface area contributed by atoms with Crippen molar-refractivity contribution in [2.45, 2.75) is 95.9 Å². The third kappa shape index (κ3) is 8.33. The van der Waals surface area contributed by atoms with Gasteiger partial charge in [-0.25, -0.2) is 4.98 Å². The lowest BCUT2D eigenvalue weighted by Crippen LogP contribution is -2.25. The van der Waals surface area contributed by atoms with E-state index in [0.717, 1.165) is 50.6 Å². The van der Waals surface area contributed by atoms with Gasteiger partial charge < -0.3 is 4.57 Å². The number of hydrogen-bond acceptors (Lipinski definition) is 2. The van der Waals surface area contributed by atoms with E-state index in [9.17, 15) is 5.26 Å². The Kier molecular flexibility index (Phi) is 11.8. The van der Waals surface area contributed by atoms with Gasteiger partial charge in [-0.3, -0.25) is 0 Å². The second kappa shape index (κ2) is 14.0. The molecule has 0 N–H and O–H groups in total. The molecule has 0 saturated heterocycles. The minimum atomic E-state index is -0.685. The van der Waals surface area contributed by atoms with Gasteiger partial charge in [0.25, 0.3) is 0 Å². The van der Waals surface area contributed by atoms with Crippen LogP contribution in [-0.2, 0) is 12.0 Å². The molecule has 3 nitrogen and oxygen atoms in total. The Morgan fingerprint density at radius 2 is 1.48 bits per heavy atom. The van der Waals surface area contributed by atoms with Crippen LogP contribution in [0.5, 0.6) is 0 Å². The highest BCUT2D eigenvalue weighted by atomic mass is 35.5. The highest BCUT2D eigenvalue weighted by Gasteiger charge is 2.35. The number of benzene rings is 1. The van der Waals surface area contributed by atoms with Crippen LogP contribution in [0.4, 0.5) is 0 Å². The average molecular weight is 483 g/mol. The van der Waals surface area contributed by atoms with E-state index in [2.05, 4.69) is 22.5 Å². The molecule has 170 valence electrons. The standard InChI is InChI=1S/C25H34Cl3N3/c1-2-3-4-5-6-7-8-9-12-25(19-29,13-10-11-15-31-16-14-30-20-31)24-22(27)17-21(26)18-23(24)28/h14,16-18,20H,2-13,15H2,1H3. The van der Waals surface area contributed by atoms with Gasteiger partial charge in [-0.2, -0.15) is 5.26 Å². The summed E-state index contributed by atoms with van der Waals surface area (Å²) in [6.45, 7) is 3.13. The summed E-state index contributed by atoms with van der Waals surface area (Å²) >= 11 is 19.3. The Labute approximate surface area is 202 Å². The van der Waals surface area contributed by atoms with Crippen LogP contribution in [-0.4, -0.2) is 9.55 Å². The fraction of sp³-hybridized carbons (Fsp3) is 0.600. The number of aryl methyl sites for hydroxylation is 1. The Hall–Kier alpha value is -1.21. The van der Waals surface area contributed by atoms with Crippen LogP contribution in [0.3, 0.4) is 0 Å². The number of nitrogens with zero attached hydrogens (tertiary/aromatic N) is 3. The summed E-state index contributed by atoms with van der Waals surface area (Å²) in [4.78, 5) is 4.09. The highest BCUT2D eigenvalue weighted by molar-refractivity contribution is 6.39. The normalized spacial score (nSPS) is 13.1. The molecule has 0 aliphatic carbocycles. The first-order valence-corrected chi connectivity index (χ1v) is 12.7. The molecule has 1 aromatic carbocycles. The third-order valence-electron chi connectivity index (χ3n) is 5.99. The summed E-state index contributed by atoms with van der Waals surface area (Å²) in [5, 5.41) is 11.8. The van der Waals surface area contributed by atoms with Crippen molar-refractivity contribution in [3.8, 4) is 6.07 Å². The lowest BCUT2D eigenvalue weighted by atomic mass is 9.73. The van der Waals surface area contributed by atoms with Gasteiger partial charge in [0.2, 0.25) is 0 Å². The van der Waals surface area contributed by atoms with E-state index in [-0.39, 0.29) is 0 Å². The van der Waals surface area contributed by atoms with Gasteiger partial charge in [0.05, 0.1) is 17.8 Å². The quantitative estimate of drug-likeness (QED) is 0.238. The molecule has 1 aromatic heterocycles. The summed E-state index contributed by atoms with van der Waals surface area (Å²) in [5.74, 6) is 0. The number of unbranched alkanes of at least 4 members (excludes halogenated alkanes) is 8. The Balaban J connectivity index is 2.02. The zero-order chi connectivity index (χ0) is 22.5. The van der Waals surface area contributed by atoms with Gasteiger partial charge in [0.15, 0.2) is 0 Å². The van der Waals surface area contributed by atoms with Crippen molar-refractivity contribution in [1.82, 2.24) is 9.55 Å². The first kappa shape index (κ1) is 26.0. The Bertz CT molecular complexity index is 791. The number of hydrogen-bond donors (Lipinski definition) is 0. The maximum absolute atomic E-state index is 10.3. The van der Waals surface area contributed by atoms with E-state index in [4.69, 9.17) is 34.8 Å². The third-order valence-corrected chi connectivity index (χ3v) is 6.80. The highest BCUT2D eigenvalue weighted by Crippen LogP contribution is 2.44. The molecule has 31 heavy (non-hydrogen) atoms. The number of aromatic nitrogens is 2. The summed E-state index contributed by atoms with van der Waals surface area (Å²) in [5.41, 5.74) is 0.0592. The molecule has 1 unspecified atom stereocenters. The van der Waals surface area contributed by atoms with Crippen LogP contribution in [0.2, 0.25) is 15.1 Å². The zero-order valence-corrected chi connectivity index (χ0v) is 20.8. The first-order valence-electron chi connectivity index (χ1n) is 11.5. The summed E-state index contributed by atoms with van der Waals surface area (Å²) in [6, 6.07) is 6.02. The van der Waals surface area contributed by atoms with Crippen molar-refractivity contribution >= 4 is 34.8 Å². The summed E-state index contributed by atoms with van der Waals surface area (Å²) < 4.78 is 2.06. The van der Waals surface area contributed by atoms with E-state index in [1.54, 1.807) is 18.3 Å². The molecule has 1 heterocycles. The fourth-order valence-corrected chi connectivity index (χ4v) is 5.42. The molecule has 2 aromatic rings. The predicted molar refractivity (Wildman–Crippen MR) is 132 cm³/mol. The van der Waals surface area contributed by atoms with E-state index < -0.39 is 5.41 Å². The van der Waals surface area contributed by atoms with Crippen LogP contribution < -0.4 is 0 Å². The minimum absolute atomic E-state index is 0.494. The molecule has 6 heteroatoms. The smallest absolute Gasteiger partial charge is 0.0945 e. The van der Waals surface area contributed by atoms with Crippen LogP contribution in [0, 0.1) is 11.3 Å². The van der Waals surface area contributed by atoms with Crippen molar-refractivity contribution in [2.75, 3.05) is 0 Å². The van der Waals surface area contributed by atoms with Crippen molar-refractivity contribution in [3.63, 3.8) is 0 Å². The minimum Gasteiger partial charge on any atom is -0.337 e. The molecule has 0 aliphatic heterocycles. The van der Waals surface area contributed by atoms with Crippen LogP contribution in [0.25, 0.3) is 0 Å². The number of imidazole rings is 1. The molecule has 0 amide bonds. The van der Waals surface area contributed by atoms with Crippen LogP contribution >= 0.6 is 34.8 Å². The molecule has 0 spiro atoms. The van der Waals surface area contributed by atoms with Crippen molar-refractivity contribution in [3.05, 3.63) is 51.5 Å². The molecule has 0 aliphatic rings. The predicted octanol–water partition coefficient (Wildman–Crippen LogP) is 9.01. The zero-order valence-electron chi connectivity index (χ0n) is 18.6. The largest absolute Gasteiger partial charge is 0.337 e. The van der Waals surface area contributed by atoms with E-state index in [1.807, 2.05) is 12.5 Å². The molecule has 0 radical (unpaired) electrons. The SMILES string of the molecule is CCCCCCCCCCC(C#N)(CCCCn1ccnc1)c1c(Cl)cc(Cl)cc1Cl. The second-order valence-electron chi connectivity index (χ2n) is 8.42. The molecular formula is C25H34Cl3N3. The molecule has 1 atom stereocenters. The lowest BCUT2D eigenvalue weighted by Gasteiger charge is -2.29. The van der Waals surface area contributed by atoms with Gasteiger partial charge in [-0.1, -0.05) is 93.1 Å². The van der Waals surface area contributed by atoms with Gasteiger partial charge in [0.1, 0.15) is 0 Å². The first-order chi connectivity index (χ1) is 15.0. The molecule has 0 bridgehead atoms. The van der Waals surface area contributed by atoms with E-state index in [0.29, 0.717) is 15.1 Å². The molecule has 2 rings (SSSR count). The lowest BCUT2D eigenvalue weighted by molar-refractivity contribution is 0.409. The van der Waals surface area contributed by atoms with Crippen LogP contribution in [0.1, 0.15) is 89.5 Å². The van der Waals surface area contributed by atoms with Crippen molar-refractivity contribution in [1.29, 1.82) is 5.26 Å². The average Bonchev–Trinajstić information content (AvgIpc) is 3.25. The number of nitriles is 1. The van der Waals surface area contributed by atoms with Gasteiger partial charge in [0, 0.05) is 39.6 Å². The monoisotopic (exact) mass is 481 g/mol. The number of halogens is 3. The molecule has 0 fully saturated rings. The van der Waals surface area contributed by atoms with Gasteiger partial charge >= 0.3 is 0 Å². The molecular weight excluding hydrogens is 449 g/mol. The fourth-order valence-electron chi connectivity index (χ4n) is 4.24. The summed E-state index contributed by atoms with van der Waals surface area (Å²) in [6.07, 6.45) is 18.8. The van der Waals surface area contributed by atoms with Crippen LogP contribution in [0.15, 0.2) is 30.9 Å². The Morgan fingerprint density at radius 1 is 0.903 bits per heavy atom. The van der Waals surface area contributed by atoms with E-state index in [1.165, 1.54) is 38.5 Å². The summed E-state index contributed by atoms with van der Waals surface area (Å²) in [7, 11) is 0. The van der Waals surface area contributed by atoms with Gasteiger partial charge in [-0.05, 0) is 37.8 Å². The Morgan fingerprint density at radius 3 is 2.03 bits per heavy atom. The number of rotatable bonds is 15. The van der Waals surface area contributed by atoms with E-state index >= 15 is 0 Å². The molecule has 0 saturated carbocycles. The van der Waals surface area contributed by atoms with Crippen molar-refractivity contribution in [2.24, 2.45) is 0 Å². The second-order valence-corrected chi connectivity index (χ2v) is 9.67. The maximum Gasteiger partial charge on any atom is 0.0945 e. The van der Waals surface area contributed by atoms with Crippen molar-refractivity contribution < 1.29 is 0 Å². The topological polar surface area (TPSA) is 41.6 Å². The maximum atomic E-state index is 10.3. The van der Waals surface area contributed by atoms with Gasteiger partial charge in [-0.15, -0.1) is 0 Å².